The number of nitrogens with one attached hydrogen (secondary N) is 1. The zero-order valence-electron chi connectivity index (χ0n) is 17.3. The summed E-state index contributed by atoms with van der Waals surface area (Å²) in [5, 5.41) is 6.87. The first-order valence-electron chi connectivity index (χ1n) is 9.89. The van der Waals surface area contributed by atoms with E-state index in [9.17, 15) is 22.4 Å². The lowest BCUT2D eigenvalue weighted by Crippen LogP contribution is -2.20. The van der Waals surface area contributed by atoms with E-state index in [1.807, 2.05) is 42.5 Å². The number of anilines is 1. The van der Waals surface area contributed by atoms with Gasteiger partial charge in [-0.25, -0.2) is 27.2 Å². The second-order valence-electron chi connectivity index (χ2n) is 7.14. The average molecular weight is 474 g/mol. The molecule has 0 atom stereocenters. The molecule has 2 aromatic heterocycles. The Labute approximate surface area is 190 Å². The van der Waals surface area contributed by atoms with Crippen molar-refractivity contribution >= 4 is 34.4 Å². The third-order valence-corrected chi connectivity index (χ3v) is 5.90. The number of hydrogen-bond acceptors (Lipinski definition) is 4. The van der Waals surface area contributed by atoms with Crippen LogP contribution < -0.4 is 5.32 Å². The third-order valence-electron chi connectivity index (χ3n) is 4.81. The highest BCUT2D eigenvalue weighted by atomic mass is 32.2. The molecule has 0 aliphatic rings. The van der Waals surface area contributed by atoms with E-state index in [0.29, 0.717) is 11.8 Å². The lowest BCUT2D eigenvalue weighted by molar-refractivity contribution is -0.116. The van der Waals surface area contributed by atoms with Crippen LogP contribution in [0.4, 0.5) is 23.2 Å². The highest BCUT2D eigenvalue weighted by Gasteiger charge is 2.24. The van der Waals surface area contributed by atoms with Gasteiger partial charge in [0, 0.05) is 15.4 Å². The molecule has 10 heteroatoms. The van der Waals surface area contributed by atoms with E-state index in [1.54, 1.807) is 12.1 Å². The molecule has 1 amide bonds. The first-order valence-corrected chi connectivity index (χ1v) is 10.7. The number of carbonyl (C=O) groups excluding carboxylic acids is 1. The summed E-state index contributed by atoms with van der Waals surface area (Å²) >= 11 is 1.46. The number of fused-ring (bicyclic) bond motifs is 1. The van der Waals surface area contributed by atoms with Crippen LogP contribution in [0.2, 0.25) is 0 Å². The Bertz CT molecular complexity index is 1290. The first-order chi connectivity index (χ1) is 15.8. The number of carbonyl (C=O) groups is 1. The number of nitrogens with zero attached hydrogens (tertiary/aromatic N) is 3. The predicted octanol–water partition coefficient (Wildman–Crippen LogP) is 6.40. The average Bonchev–Trinajstić information content (AvgIpc) is 3.10. The fraction of sp³-hybridized carbons (Fsp3) is 0.174. The number of aromatic nitrogens is 3. The number of amides is 1. The number of aryl methyl sites for hydroxylation is 1. The zero-order valence-corrected chi connectivity index (χ0v) is 18.1. The van der Waals surface area contributed by atoms with E-state index in [4.69, 9.17) is 0 Å². The minimum atomic E-state index is -3.04. The zero-order chi connectivity index (χ0) is 23.5. The fourth-order valence-corrected chi connectivity index (χ4v) is 4.32. The van der Waals surface area contributed by atoms with Gasteiger partial charge in [-0.15, -0.1) is 0 Å². The van der Waals surface area contributed by atoms with Gasteiger partial charge in [-0.2, -0.15) is 5.10 Å². The van der Waals surface area contributed by atoms with Gasteiger partial charge in [0.05, 0.1) is 16.8 Å². The molecule has 0 radical (unpaired) electrons. The minimum absolute atomic E-state index is 0.0257. The normalized spacial score (nSPS) is 11.5. The van der Waals surface area contributed by atoms with Crippen molar-refractivity contribution in [2.45, 2.75) is 36.1 Å². The molecular formula is C23H18F4N4OS. The molecule has 2 heterocycles. The number of pyridine rings is 1. The molecule has 0 fully saturated rings. The van der Waals surface area contributed by atoms with Gasteiger partial charge in [-0.1, -0.05) is 42.1 Å². The monoisotopic (exact) mass is 474 g/mol. The standard InChI is InChI=1S/C23H18F4N4OS/c1-13-20-15(21(24)25)11-17(22(26)27)29-23(20)31(30-13)12-19(32)28-16-9-5-6-10-18(16)33-14-7-3-2-4-8-14/h2-11,21-22H,12H2,1H3,(H,28,32). The number of halogens is 4. The Morgan fingerprint density at radius 3 is 2.42 bits per heavy atom. The SMILES string of the molecule is Cc1nn(CC(=O)Nc2ccccc2Sc2ccccc2)c2nc(C(F)F)cc(C(F)F)c12. The lowest BCUT2D eigenvalue weighted by Gasteiger charge is -2.11. The molecule has 0 aliphatic carbocycles. The summed E-state index contributed by atoms with van der Waals surface area (Å²) in [7, 11) is 0. The molecule has 2 aromatic carbocycles. The second kappa shape index (κ2) is 9.62. The van der Waals surface area contributed by atoms with Crippen LogP contribution in [-0.4, -0.2) is 20.7 Å². The molecule has 0 aliphatic heterocycles. The summed E-state index contributed by atoms with van der Waals surface area (Å²) in [6, 6.07) is 17.5. The molecule has 5 nitrogen and oxygen atoms in total. The van der Waals surface area contributed by atoms with Crippen molar-refractivity contribution in [3.05, 3.63) is 77.6 Å². The van der Waals surface area contributed by atoms with E-state index in [1.165, 1.54) is 18.7 Å². The molecule has 33 heavy (non-hydrogen) atoms. The summed E-state index contributed by atoms with van der Waals surface area (Å²) in [5.41, 5.74) is -0.809. The predicted molar refractivity (Wildman–Crippen MR) is 118 cm³/mol. The maximum atomic E-state index is 13.5. The number of alkyl halides is 4. The number of para-hydroxylation sites is 1. The third kappa shape index (κ3) is 5.00. The van der Waals surface area contributed by atoms with Crippen molar-refractivity contribution in [3.8, 4) is 0 Å². The molecule has 4 aromatic rings. The van der Waals surface area contributed by atoms with E-state index in [2.05, 4.69) is 15.4 Å². The largest absolute Gasteiger partial charge is 0.323 e. The number of hydrogen-bond donors (Lipinski definition) is 1. The lowest BCUT2D eigenvalue weighted by atomic mass is 10.1. The fourth-order valence-electron chi connectivity index (χ4n) is 3.40. The Kier molecular flexibility index (Phi) is 6.64. The summed E-state index contributed by atoms with van der Waals surface area (Å²) < 4.78 is 54.6. The molecule has 1 N–H and O–H groups in total. The van der Waals surface area contributed by atoms with Crippen LogP contribution >= 0.6 is 11.8 Å². The Hall–Kier alpha value is -3.40. The molecule has 170 valence electrons. The summed E-state index contributed by atoms with van der Waals surface area (Å²) in [4.78, 5) is 18.4. The van der Waals surface area contributed by atoms with Gasteiger partial charge in [0.1, 0.15) is 12.2 Å². The summed E-state index contributed by atoms with van der Waals surface area (Å²) in [6.07, 6.45) is -6.02. The van der Waals surface area contributed by atoms with Gasteiger partial charge in [-0.05, 0) is 37.3 Å². The van der Waals surface area contributed by atoms with Crippen molar-refractivity contribution in [1.29, 1.82) is 0 Å². The molecule has 0 spiro atoms. The van der Waals surface area contributed by atoms with Crippen LogP contribution in [-0.2, 0) is 11.3 Å². The maximum absolute atomic E-state index is 13.5. The molecule has 0 bridgehead atoms. The van der Waals surface area contributed by atoms with Crippen molar-refractivity contribution in [1.82, 2.24) is 14.8 Å². The van der Waals surface area contributed by atoms with Crippen LogP contribution in [0.5, 0.6) is 0 Å². The number of benzene rings is 2. The summed E-state index contributed by atoms with van der Waals surface area (Å²) in [5.74, 6) is -0.497. The Morgan fingerprint density at radius 1 is 1.03 bits per heavy atom. The highest BCUT2D eigenvalue weighted by Crippen LogP contribution is 2.34. The van der Waals surface area contributed by atoms with Gasteiger partial charge in [0.2, 0.25) is 5.91 Å². The first kappa shape index (κ1) is 22.8. The topological polar surface area (TPSA) is 59.8 Å². The van der Waals surface area contributed by atoms with Crippen molar-refractivity contribution < 1.29 is 22.4 Å². The van der Waals surface area contributed by atoms with Gasteiger partial charge in [-0.3, -0.25) is 4.79 Å². The van der Waals surface area contributed by atoms with Gasteiger partial charge >= 0.3 is 0 Å². The van der Waals surface area contributed by atoms with Gasteiger partial charge in [0.15, 0.2) is 5.65 Å². The van der Waals surface area contributed by atoms with E-state index in [-0.39, 0.29) is 23.3 Å². The van der Waals surface area contributed by atoms with Crippen LogP contribution in [0.15, 0.2) is 70.5 Å². The maximum Gasteiger partial charge on any atom is 0.280 e. The molecular weight excluding hydrogens is 456 g/mol. The smallest absolute Gasteiger partial charge is 0.280 e. The van der Waals surface area contributed by atoms with Crippen molar-refractivity contribution in [2.75, 3.05) is 5.32 Å². The molecule has 0 saturated carbocycles. The van der Waals surface area contributed by atoms with Crippen LogP contribution in [0.25, 0.3) is 11.0 Å². The van der Waals surface area contributed by atoms with Gasteiger partial charge < -0.3 is 5.32 Å². The molecule has 0 saturated heterocycles. The Morgan fingerprint density at radius 2 is 1.73 bits per heavy atom. The van der Waals surface area contributed by atoms with Crippen LogP contribution in [0.1, 0.15) is 29.8 Å². The highest BCUT2D eigenvalue weighted by molar-refractivity contribution is 7.99. The minimum Gasteiger partial charge on any atom is -0.323 e. The molecule has 0 unspecified atom stereocenters. The van der Waals surface area contributed by atoms with Crippen LogP contribution in [0.3, 0.4) is 0 Å². The van der Waals surface area contributed by atoms with Crippen molar-refractivity contribution in [3.63, 3.8) is 0 Å². The van der Waals surface area contributed by atoms with E-state index in [0.717, 1.165) is 14.5 Å². The van der Waals surface area contributed by atoms with E-state index >= 15 is 0 Å². The van der Waals surface area contributed by atoms with Gasteiger partial charge in [0.25, 0.3) is 12.9 Å². The molecule has 4 rings (SSSR count). The Balaban J connectivity index is 1.62. The number of rotatable bonds is 7. The van der Waals surface area contributed by atoms with E-state index < -0.39 is 30.0 Å². The quantitative estimate of drug-likeness (QED) is 0.315. The van der Waals surface area contributed by atoms with Crippen molar-refractivity contribution in [2.24, 2.45) is 0 Å². The second-order valence-corrected chi connectivity index (χ2v) is 8.25. The van der Waals surface area contributed by atoms with Crippen LogP contribution in [0, 0.1) is 6.92 Å². The summed E-state index contributed by atoms with van der Waals surface area (Å²) in [6.45, 7) is 1.09.